The molecule has 5 nitrogen and oxygen atoms in total. The second-order valence-electron chi connectivity index (χ2n) is 4.92. The van der Waals surface area contributed by atoms with Crippen LogP contribution in [0.3, 0.4) is 0 Å². The minimum atomic E-state index is 0.137. The van der Waals surface area contributed by atoms with Crippen molar-refractivity contribution >= 4 is 11.6 Å². The first kappa shape index (κ1) is 16.7. The maximum absolute atomic E-state index is 9.20. The van der Waals surface area contributed by atoms with Crippen LogP contribution in [0.2, 0.25) is 0 Å². The summed E-state index contributed by atoms with van der Waals surface area (Å²) in [5, 5.41) is 12.6. The van der Waals surface area contributed by atoms with Gasteiger partial charge in [-0.3, -0.25) is 0 Å². The Balaban J connectivity index is 3.14. The van der Waals surface area contributed by atoms with E-state index in [1.54, 1.807) is 0 Å². The number of nitrogens with zero attached hydrogens (tertiary/aromatic N) is 3. The molecule has 1 rings (SSSR count). The zero-order chi connectivity index (χ0) is 15.0. The highest BCUT2D eigenvalue weighted by Gasteiger charge is 2.15. The summed E-state index contributed by atoms with van der Waals surface area (Å²) in [5.41, 5.74) is 1.06. The Bertz CT molecular complexity index is 409. The van der Waals surface area contributed by atoms with E-state index in [0.29, 0.717) is 6.54 Å². The molecule has 0 atom stereocenters. The number of aryl methyl sites for hydroxylation is 1. The van der Waals surface area contributed by atoms with Crippen LogP contribution in [0.4, 0.5) is 11.6 Å². The number of aromatic nitrogens is 2. The molecule has 114 valence electrons. The number of aliphatic hydroxyl groups excluding tert-OH is 1. The first-order chi connectivity index (χ1) is 9.67. The molecule has 1 heterocycles. The lowest BCUT2D eigenvalue weighted by atomic mass is 10.2. The minimum Gasteiger partial charge on any atom is -0.395 e. The van der Waals surface area contributed by atoms with Crippen molar-refractivity contribution in [2.45, 2.75) is 47.0 Å². The molecule has 0 aliphatic rings. The molecule has 1 aromatic heterocycles. The highest BCUT2D eigenvalue weighted by Crippen LogP contribution is 2.24. The monoisotopic (exact) mass is 280 g/mol. The van der Waals surface area contributed by atoms with Crippen molar-refractivity contribution in [1.29, 1.82) is 0 Å². The van der Waals surface area contributed by atoms with E-state index in [-0.39, 0.29) is 6.61 Å². The van der Waals surface area contributed by atoms with Crippen LogP contribution in [-0.4, -0.2) is 41.3 Å². The van der Waals surface area contributed by atoms with E-state index in [4.69, 9.17) is 0 Å². The third-order valence-electron chi connectivity index (χ3n) is 3.23. The largest absolute Gasteiger partial charge is 0.395 e. The van der Waals surface area contributed by atoms with Crippen LogP contribution in [0.15, 0.2) is 0 Å². The Hall–Kier alpha value is -1.36. The molecule has 0 radical (unpaired) electrons. The fourth-order valence-electron chi connectivity index (χ4n) is 2.14. The number of likely N-dealkylation sites (N-methyl/N-ethyl adjacent to an activating group) is 1. The molecule has 0 bridgehead atoms. The Morgan fingerprint density at radius 3 is 2.45 bits per heavy atom. The first-order valence-corrected chi connectivity index (χ1v) is 7.65. The van der Waals surface area contributed by atoms with Crippen molar-refractivity contribution in [2.24, 2.45) is 0 Å². The highest BCUT2D eigenvalue weighted by molar-refractivity contribution is 5.58. The van der Waals surface area contributed by atoms with E-state index in [0.717, 1.165) is 55.4 Å². The second-order valence-corrected chi connectivity index (χ2v) is 4.92. The number of nitrogens with one attached hydrogen (secondary N) is 1. The molecule has 0 aromatic carbocycles. The van der Waals surface area contributed by atoms with Crippen LogP contribution >= 0.6 is 0 Å². The van der Waals surface area contributed by atoms with Gasteiger partial charge in [0.05, 0.1) is 6.61 Å². The van der Waals surface area contributed by atoms with Crippen LogP contribution in [0.5, 0.6) is 0 Å². The predicted molar refractivity (Wildman–Crippen MR) is 84.5 cm³/mol. The van der Waals surface area contributed by atoms with Gasteiger partial charge >= 0.3 is 0 Å². The Morgan fingerprint density at radius 1 is 1.15 bits per heavy atom. The Morgan fingerprint density at radius 2 is 1.90 bits per heavy atom. The van der Waals surface area contributed by atoms with Gasteiger partial charge in [0, 0.05) is 31.6 Å². The van der Waals surface area contributed by atoms with E-state index < -0.39 is 0 Å². The molecule has 20 heavy (non-hydrogen) atoms. The van der Waals surface area contributed by atoms with Gasteiger partial charge in [-0.25, -0.2) is 9.97 Å². The molecule has 5 heteroatoms. The van der Waals surface area contributed by atoms with Crippen LogP contribution < -0.4 is 10.2 Å². The summed E-state index contributed by atoms with van der Waals surface area (Å²) < 4.78 is 0. The number of anilines is 2. The summed E-state index contributed by atoms with van der Waals surface area (Å²) in [6, 6.07) is 0. The van der Waals surface area contributed by atoms with Gasteiger partial charge in [-0.2, -0.15) is 0 Å². The number of rotatable bonds is 9. The number of aliphatic hydroxyl groups is 1. The third kappa shape index (κ3) is 4.34. The average Bonchev–Trinajstić information content (AvgIpc) is 2.45. The molecule has 0 amide bonds. The Kier molecular flexibility index (Phi) is 7.30. The van der Waals surface area contributed by atoms with Crippen LogP contribution in [0, 0.1) is 6.92 Å². The summed E-state index contributed by atoms with van der Waals surface area (Å²) in [7, 11) is 0. The van der Waals surface area contributed by atoms with Crippen molar-refractivity contribution in [3.05, 3.63) is 11.4 Å². The molecule has 0 saturated carbocycles. The molecule has 1 aromatic rings. The molecular weight excluding hydrogens is 252 g/mol. The lowest BCUT2D eigenvalue weighted by Crippen LogP contribution is -2.29. The normalized spacial score (nSPS) is 10.7. The summed E-state index contributed by atoms with van der Waals surface area (Å²) in [6.45, 7) is 10.9. The molecule has 2 N–H and O–H groups in total. The van der Waals surface area contributed by atoms with Crippen molar-refractivity contribution < 1.29 is 5.11 Å². The van der Waals surface area contributed by atoms with Crippen molar-refractivity contribution in [3.8, 4) is 0 Å². The van der Waals surface area contributed by atoms with Crippen molar-refractivity contribution in [3.63, 3.8) is 0 Å². The SMILES string of the molecule is CCCNc1nc(CCC)nc(N(CC)CCO)c1C. The molecular formula is C15H28N4O. The van der Waals surface area contributed by atoms with Gasteiger partial charge in [0.2, 0.25) is 0 Å². The van der Waals surface area contributed by atoms with Crippen LogP contribution in [0.1, 0.15) is 45.0 Å². The van der Waals surface area contributed by atoms with Gasteiger partial charge in [-0.15, -0.1) is 0 Å². The third-order valence-corrected chi connectivity index (χ3v) is 3.23. The topological polar surface area (TPSA) is 61.3 Å². The van der Waals surface area contributed by atoms with Gasteiger partial charge in [-0.1, -0.05) is 13.8 Å². The lowest BCUT2D eigenvalue weighted by Gasteiger charge is -2.24. The van der Waals surface area contributed by atoms with Crippen molar-refractivity contribution in [2.75, 3.05) is 36.5 Å². The lowest BCUT2D eigenvalue weighted by molar-refractivity contribution is 0.302. The number of hydrogen-bond acceptors (Lipinski definition) is 5. The van der Waals surface area contributed by atoms with Gasteiger partial charge < -0.3 is 15.3 Å². The second kappa shape index (κ2) is 8.74. The summed E-state index contributed by atoms with van der Waals surface area (Å²) >= 11 is 0. The molecule has 0 aliphatic heterocycles. The average molecular weight is 280 g/mol. The van der Waals surface area contributed by atoms with Gasteiger partial charge in [-0.05, 0) is 26.7 Å². The molecule has 0 aliphatic carbocycles. The molecule has 0 fully saturated rings. The van der Waals surface area contributed by atoms with Crippen LogP contribution in [0.25, 0.3) is 0 Å². The summed E-state index contributed by atoms with van der Waals surface area (Å²) in [5.74, 6) is 2.75. The number of hydrogen-bond donors (Lipinski definition) is 2. The maximum Gasteiger partial charge on any atom is 0.137 e. The van der Waals surface area contributed by atoms with E-state index in [1.807, 2.05) is 6.92 Å². The van der Waals surface area contributed by atoms with Crippen LogP contribution in [-0.2, 0) is 6.42 Å². The van der Waals surface area contributed by atoms with Gasteiger partial charge in [0.25, 0.3) is 0 Å². The first-order valence-electron chi connectivity index (χ1n) is 7.65. The molecule has 0 saturated heterocycles. The smallest absolute Gasteiger partial charge is 0.137 e. The Labute approximate surface area is 122 Å². The molecule has 0 spiro atoms. The standard InChI is InChI=1S/C15H28N4O/c1-5-8-13-17-14(16-9-6-2)12(4)15(18-13)19(7-3)10-11-20/h20H,5-11H2,1-4H3,(H,16,17,18). The van der Waals surface area contributed by atoms with E-state index in [9.17, 15) is 5.11 Å². The zero-order valence-electron chi connectivity index (χ0n) is 13.2. The maximum atomic E-state index is 9.20. The van der Waals surface area contributed by atoms with Gasteiger partial charge in [0.1, 0.15) is 17.5 Å². The van der Waals surface area contributed by atoms with E-state index in [1.165, 1.54) is 0 Å². The van der Waals surface area contributed by atoms with E-state index in [2.05, 4.69) is 41.0 Å². The van der Waals surface area contributed by atoms with Gasteiger partial charge in [0.15, 0.2) is 0 Å². The quantitative estimate of drug-likeness (QED) is 0.727. The highest BCUT2D eigenvalue weighted by atomic mass is 16.3. The fraction of sp³-hybridized carbons (Fsp3) is 0.733. The minimum absolute atomic E-state index is 0.137. The zero-order valence-corrected chi connectivity index (χ0v) is 13.2. The summed E-state index contributed by atoms with van der Waals surface area (Å²) in [6.07, 6.45) is 2.97. The van der Waals surface area contributed by atoms with Crippen molar-refractivity contribution in [1.82, 2.24) is 9.97 Å². The predicted octanol–water partition coefficient (Wildman–Crippen LogP) is 2.38. The fourth-order valence-corrected chi connectivity index (χ4v) is 2.14. The summed E-state index contributed by atoms with van der Waals surface area (Å²) in [4.78, 5) is 11.4. The molecule has 0 unspecified atom stereocenters. The van der Waals surface area contributed by atoms with E-state index >= 15 is 0 Å².